The number of rotatable bonds is 5. The van der Waals surface area contributed by atoms with Crippen molar-refractivity contribution in [1.29, 1.82) is 0 Å². The lowest BCUT2D eigenvalue weighted by Gasteiger charge is -2.07. The fourth-order valence-electron chi connectivity index (χ4n) is 1.79. The number of halogens is 3. The lowest BCUT2D eigenvalue weighted by molar-refractivity contribution is 0.628. The Morgan fingerprint density at radius 2 is 2.11 bits per heavy atom. The van der Waals surface area contributed by atoms with E-state index in [4.69, 9.17) is 23.2 Å². The highest BCUT2D eigenvalue weighted by molar-refractivity contribution is 6.36. The second kappa shape index (κ2) is 6.37. The summed E-state index contributed by atoms with van der Waals surface area (Å²) in [6.07, 6.45) is 2.75. The molecular formula is C13H14Cl2FN3. The first-order valence-electron chi connectivity index (χ1n) is 6.01. The van der Waals surface area contributed by atoms with E-state index in [1.54, 1.807) is 6.20 Å². The van der Waals surface area contributed by atoms with E-state index in [2.05, 4.69) is 22.4 Å². The predicted molar refractivity (Wildman–Crippen MR) is 76.0 cm³/mol. The number of nitrogens with zero attached hydrogens (tertiary/aromatic N) is 1. The second-order valence-corrected chi connectivity index (χ2v) is 5.01. The summed E-state index contributed by atoms with van der Waals surface area (Å²) in [4.78, 5) is 0. The van der Waals surface area contributed by atoms with Crippen LogP contribution in [0.3, 0.4) is 0 Å². The first kappa shape index (κ1) is 14.3. The quantitative estimate of drug-likeness (QED) is 0.647. The molecule has 6 heteroatoms. The molecule has 0 aliphatic heterocycles. The molecular weight excluding hydrogens is 288 g/mol. The van der Waals surface area contributed by atoms with Crippen LogP contribution in [0.15, 0.2) is 18.3 Å². The van der Waals surface area contributed by atoms with Crippen molar-refractivity contribution in [3.05, 3.63) is 39.8 Å². The van der Waals surface area contributed by atoms with Gasteiger partial charge in [0.2, 0.25) is 0 Å². The Labute approximate surface area is 121 Å². The molecule has 0 saturated carbocycles. The maximum Gasteiger partial charge on any atom is 0.142 e. The first-order chi connectivity index (χ1) is 9.13. The summed E-state index contributed by atoms with van der Waals surface area (Å²) in [5.74, 6) is -0.497. The van der Waals surface area contributed by atoms with Gasteiger partial charge in [0.15, 0.2) is 0 Å². The zero-order valence-corrected chi connectivity index (χ0v) is 11.9. The van der Waals surface area contributed by atoms with Crippen LogP contribution in [-0.4, -0.2) is 16.7 Å². The van der Waals surface area contributed by atoms with E-state index in [1.165, 1.54) is 12.1 Å². The Morgan fingerprint density at radius 3 is 2.84 bits per heavy atom. The van der Waals surface area contributed by atoms with E-state index in [0.29, 0.717) is 22.8 Å². The molecule has 0 aliphatic rings. The zero-order valence-electron chi connectivity index (χ0n) is 10.4. The molecule has 1 aromatic carbocycles. The van der Waals surface area contributed by atoms with E-state index in [1.807, 2.05) is 0 Å². The van der Waals surface area contributed by atoms with Crippen LogP contribution in [0, 0.1) is 5.82 Å². The maximum absolute atomic E-state index is 13.5. The molecule has 0 fully saturated rings. The molecule has 0 spiro atoms. The topological polar surface area (TPSA) is 40.7 Å². The second-order valence-electron chi connectivity index (χ2n) is 4.19. The molecule has 19 heavy (non-hydrogen) atoms. The minimum Gasteiger partial charge on any atom is -0.313 e. The maximum atomic E-state index is 13.5. The lowest BCUT2D eigenvalue weighted by Crippen LogP contribution is -2.13. The van der Waals surface area contributed by atoms with Gasteiger partial charge in [0, 0.05) is 17.7 Å². The highest BCUT2D eigenvalue weighted by Crippen LogP contribution is 2.32. The van der Waals surface area contributed by atoms with Crippen LogP contribution in [0.1, 0.15) is 18.9 Å². The average Bonchev–Trinajstić information content (AvgIpc) is 2.82. The van der Waals surface area contributed by atoms with Crippen LogP contribution in [-0.2, 0) is 6.54 Å². The van der Waals surface area contributed by atoms with Crippen LogP contribution < -0.4 is 5.32 Å². The van der Waals surface area contributed by atoms with E-state index in [9.17, 15) is 4.39 Å². The Balaban J connectivity index is 2.32. The first-order valence-corrected chi connectivity index (χ1v) is 6.77. The SMILES string of the molecule is CCCNCc1cn[nH]c1-c1cc(F)c(Cl)cc1Cl. The molecule has 3 nitrogen and oxygen atoms in total. The third-order valence-electron chi connectivity index (χ3n) is 2.74. The fraction of sp³-hybridized carbons (Fsp3) is 0.308. The molecule has 0 atom stereocenters. The Kier molecular flexibility index (Phi) is 4.80. The number of H-pyrrole nitrogens is 1. The van der Waals surface area contributed by atoms with Crippen molar-refractivity contribution in [1.82, 2.24) is 15.5 Å². The van der Waals surface area contributed by atoms with Gasteiger partial charge in [-0.1, -0.05) is 30.1 Å². The number of aromatic nitrogens is 2. The van der Waals surface area contributed by atoms with Gasteiger partial charge in [0.25, 0.3) is 0 Å². The van der Waals surface area contributed by atoms with Crippen molar-refractivity contribution in [3.63, 3.8) is 0 Å². The third kappa shape index (κ3) is 3.26. The molecule has 0 saturated heterocycles. The molecule has 0 bridgehead atoms. The summed E-state index contributed by atoms with van der Waals surface area (Å²) in [5.41, 5.74) is 2.22. The van der Waals surface area contributed by atoms with Gasteiger partial charge >= 0.3 is 0 Å². The molecule has 2 N–H and O–H groups in total. The van der Waals surface area contributed by atoms with Gasteiger partial charge in [-0.3, -0.25) is 5.10 Å². The van der Waals surface area contributed by atoms with Crippen molar-refractivity contribution >= 4 is 23.2 Å². The van der Waals surface area contributed by atoms with Crippen molar-refractivity contribution in [2.24, 2.45) is 0 Å². The number of hydrogen-bond donors (Lipinski definition) is 2. The number of benzene rings is 1. The Hall–Kier alpha value is -1.10. The summed E-state index contributed by atoms with van der Waals surface area (Å²) in [7, 11) is 0. The standard InChI is InChI=1S/C13H14Cl2FN3/c1-2-3-17-6-8-7-18-19-13(8)9-4-12(16)11(15)5-10(9)14/h4-5,7,17H,2-3,6H2,1H3,(H,18,19). The largest absolute Gasteiger partial charge is 0.313 e. The van der Waals surface area contributed by atoms with Crippen LogP contribution in [0.2, 0.25) is 10.0 Å². The van der Waals surface area contributed by atoms with E-state index in [0.717, 1.165) is 18.5 Å². The fourth-order valence-corrected chi connectivity index (χ4v) is 2.27. The van der Waals surface area contributed by atoms with Crippen molar-refractivity contribution in [2.75, 3.05) is 6.54 Å². The highest BCUT2D eigenvalue weighted by Gasteiger charge is 2.14. The van der Waals surface area contributed by atoms with Crippen LogP contribution in [0.5, 0.6) is 0 Å². The van der Waals surface area contributed by atoms with Gasteiger partial charge in [-0.25, -0.2) is 4.39 Å². The molecule has 2 rings (SSSR count). The Morgan fingerprint density at radius 1 is 1.32 bits per heavy atom. The Bertz CT molecular complexity index is 569. The van der Waals surface area contributed by atoms with Crippen molar-refractivity contribution in [2.45, 2.75) is 19.9 Å². The van der Waals surface area contributed by atoms with E-state index in [-0.39, 0.29) is 5.02 Å². The summed E-state index contributed by atoms with van der Waals surface area (Å²) in [6.45, 7) is 3.66. The predicted octanol–water partition coefficient (Wildman–Crippen LogP) is 4.02. The zero-order chi connectivity index (χ0) is 13.8. The number of nitrogens with one attached hydrogen (secondary N) is 2. The van der Waals surface area contributed by atoms with Gasteiger partial charge in [0.1, 0.15) is 5.82 Å². The van der Waals surface area contributed by atoms with Gasteiger partial charge in [0.05, 0.1) is 21.9 Å². The highest BCUT2D eigenvalue weighted by atomic mass is 35.5. The summed E-state index contributed by atoms with van der Waals surface area (Å²) >= 11 is 11.8. The van der Waals surface area contributed by atoms with Gasteiger partial charge in [-0.05, 0) is 25.1 Å². The minimum absolute atomic E-state index is 0.0129. The van der Waals surface area contributed by atoms with Gasteiger partial charge in [-0.15, -0.1) is 0 Å². The number of aromatic amines is 1. The molecule has 1 aromatic heterocycles. The molecule has 0 radical (unpaired) electrons. The summed E-state index contributed by atoms with van der Waals surface area (Å²) in [6, 6.07) is 2.72. The van der Waals surface area contributed by atoms with Crippen molar-refractivity contribution < 1.29 is 4.39 Å². The third-order valence-corrected chi connectivity index (χ3v) is 3.34. The molecule has 0 unspecified atom stereocenters. The molecule has 2 aromatic rings. The smallest absolute Gasteiger partial charge is 0.142 e. The summed E-state index contributed by atoms with van der Waals surface area (Å²) in [5, 5.41) is 10.5. The van der Waals surface area contributed by atoms with Crippen LogP contribution in [0.4, 0.5) is 4.39 Å². The average molecular weight is 302 g/mol. The van der Waals surface area contributed by atoms with Crippen molar-refractivity contribution in [3.8, 4) is 11.3 Å². The molecule has 0 amide bonds. The molecule has 1 heterocycles. The summed E-state index contributed by atoms with van der Waals surface area (Å²) < 4.78 is 13.5. The lowest BCUT2D eigenvalue weighted by atomic mass is 10.1. The minimum atomic E-state index is -0.497. The van der Waals surface area contributed by atoms with Gasteiger partial charge < -0.3 is 5.32 Å². The number of hydrogen-bond acceptors (Lipinski definition) is 2. The monoisotopic (exact) mass is 301 g/mol. The molecule has 0 aliphatic carbocycles. The molecule has 102 valence electrons. The van der Waals surface area contributed by atoms with Crippen LogP contribution in [0.25, 0.3) is 11.3 Å². The van der Waals surface area contributed by atoms with Gasteiger partial charge in [-0.2, -0.15) is 5.10 Å². The van der Waals surface area contributed by atoms with E-state index < -0.39 is 5.82 Å². The van der Waals surface area contributed by atoms with E-state index >= 15 is 0 Å². The normalized spacial score (nSPS) is 10.9. The van der Waals surface area contributed by atoms with Crippen LogP contribution >= 0.6 is 23.2 Å².